The number of hydrogen-bond acceptors (Lipinski definition) is 3. The summed E-state index contributed by atoms with van der Waals surface area (Å²) in [6.07, 6.45) is 6.31. The van der Waals surface area contributed by atoms with E-state index in [0.29, 0.717) is 4.90 Å². The monoisotopic (exact) mass is 352 g/mol. The summed E-state index contributed by atoms with van der Waals surface area (Å²) in [4.78, 5) is 2.78. The average molecular weight is 353 g/mol. The molecule has 1 N–H and O–H groups in total. The van der Waals surface area contributed by atoms with Crippen molar-refractivity contribution in [2.45, 2.75) is 70.2 Å². The molecule has 0 spiro atoms. The third-order valence-corrected chi connectivity index (χ3v) is 6.58. The summed E-state index contributed by atoms with van der Waals surface area (Å²) in [7, 11) is -3.42. The zero-order chi connectivity index (χ0) is 17.6. The second-order valence-electron chi connectivity index (χ2n) is 6.83. The molecule has 0 aromatic heterocycles. The van der Waals surface area contributed by atoms with Crippen LogP contribution in [0.2, 0.25) is 0 Å². The highest BCUT2D eigenvalue weighted by Gasteiger charge is 2.19. The van der Waals surface area contributed by atoms with E-state index in [1.54, 1.807) is 6.07 Å². The summed E-state index contributed by atoms with van der Waals surface area (Å²) in [6.45, 7) is 9.39. The third-order valence-electron chi connectivity index (χ3n) is 4.99. The van der Waals surface area contributed by atoms with Gasteiger partial charge in [0.15, 0.2) is 0 Å². The molecule has 0 unspecified atom stereocenters. The topological polar surface area (TPSA) is 49.4 Å². The van der Waals surface area contributed by atoms with Crippen LogP contribution in [0.1, 0.15) is 57.6 Å². The van der Waals surface area contributed by atoms with Gasteiger partial charge in [-0.05, 0) is 88.3 Å². The van der Waals surface area contributed by atoms with Crippen LogP contribution >= 0.6 is 0 Å². The molecule has 0 bridgehead atoms. The second-order valence-corrected chi connectivity index (χ2v) is 8.54. The molecule has 2 rings (SSSR count). The Morgan fingerprint density at radius 1 is 1.12 bits per heavy atom. The Morgan fingerprint density at radius 3 is 2.46 bits per heavy atom. The molecule has 24 heavy (non-hydrogen) atoms. The molecule has 1 atom stereocenters. The van der Waals surface area contributed by atoms with Gasteiger partial charge in [0.1, 0.15) is 0 Å². The van der Waals surface area contributed by atoms with Gasteiger partial charge in [-0.15, -0.1) is 0 Å². The van der Waals surface area contributed by atoms with Crippen molar-refractivity contribution in [1.82, 2.24) is 9.62 Å². The summed E-state index contributed by atoms with van der Waals surface area (Å²) in [5.74, 6) is 0. The Labute approximate surface area is 147 Å². The van der Waals surface area contributed by atoms with E-state index in [-0.39, 0.29) is 6.04 Å². The fourth-order valence-corrected chi connectivity index (χ4v) is 4.76. The second kappa shape index (κ2) is 8.97. The number of nitrogens with zero attached hydrogens (tertiary/aromatic N) is 1. The van der Waals surface area contributed by atoms with Gasteiger partial charge in [0.25, 0.3) is 0 Å². The Morgan fingerprint density at radius 2 is 1.79 bits per heavy atom. The number of benzene rings is 1. The number of nitrogens with one attached hydrogen (secondary N) is 1. The molecule has 0 radical (unpaired) electrons. The van der Waals surface area contributed by atoms with Crippen LogP contribution in [0.3, 0.4) is 0 Å². The van der Waals surface area contributed by atoms with Crippen LogP contribution in [-0.4, -0.2) is 39.0 Å². The molecule has 1 aromatic rings. The van der Waals surface area contributed by atoms with E-state index in [1.807, 2.05) is 19.1 Å². The number of sulfonamides is 1. The molecule has 4 nitrogen and oxygen atoms in total. The number of rotatable bonds is 9. The van der Waals surface area contributed by atoms with E-state index in [1.165, 1.54) is 17.5 Å². The molecule has 0 aliphatic heterocycles. The Hall–Kier alpha value is -0.910. The molecule has 1 aliphatic rings. The zero-order valence-electron chi connectivity index (χ0n) is 15.3. The van der Waals surface area contributed by atoms with E-state index in [0.717, 1.165) is 51.7 Å². The first-order valence-corrected chi connectivity index (χ1v) is 10.8. The standard InChI is InChI=1S/C19H32N2O2S/c1-4-21(5-2)14-8-9-16(3)20-24(22,23)19-13-12-17-10-6-7-11-18(17)15-19/h12-13,15-16,20H,4-11,14H2,1-3H3/t16-/m1/s1. The van der Waals surface area contributed by atoms with Crippen LogP contribution in [0.4, 0.5) is 0 Å². The Kier molecular flexibility index (Phi) is 7.26. The normalized spacial score (nSPS) is 16.2. The van der Waals surface area contributed by atoms with Crippen LogP contribution in [0.25, 0.3) is 0 Å². The van der Waals surface area contributed by atoms with Gasteiger partial charge in [-0.25, -0.2) is 13.1 Å². The van der Waals surface area contributed by atoms with Crippen molar-refractivity contribution in [1.29, 1.82) is 0 Å². The van der Waals surface area contributed by atoms with Gasteiger partial charge in [0, 0.05) is 6.04 Å². The molecule has 0 saturated heterocycles. The van der Waals surface area contributed by atoms with Crippen LogP contribution in [0, 0.1) is 0 Å². The quantitative estimate of drug-likeness (QED) is 0.741. The minimum Gasteiger partial charge on any atom is -0.304 e. The average Bonchev–Trinajstić information content (AvgIpc) is 2.58. The van der Waals surface area contributed by atoms with Crippen LogP contribution in [0.15, 0.2) is 23.1 Å². The van der Waals surface area contributed by atoms with E-state index >= 15 is 0 Å². The molecule has 136 valence electrons. The van der Waals surface area contributed by atoms with Gasteiger partial charge in [-0.1, -0.05) is 19.9 Å². The lowest BCUT2D eigenvalue weighted by atomic mass is 9.92. The maximum Gasteiger partial charge on any atom is 0.240 e. The van der Waals surface area contributed by atoms with Crippen molar-refractivity contribution in [2.24, 2.45) is 0 Å². The van der Waals surface area contributed by atoms with Crippen molar-refractivity contribution in [3.05, 3.63) is 29.3 Å². The Bertz CT molecular complexity index is 624. The van der Waals surface area contributed by atoms with E-state index in [4.69, 9.17) is 0 Å². The van der Waals surface area contributed by atoms with Crippen molar-refractivity contribution in [2.75, 3.05) is 19.6 Å². The first-order valence-electron chi connectivity index (χ1n) is 9.32. The smallest absolute Gasteiger partial charge is 0.240 e. The van der Waals surface area contributed by atoms with Gasteiger partial charge in [0.05, 0.1) is 4.90 Å². The fourth-order valence-electron chi connectivity index (χ4n) is 3.43. The van der Waals surface area contributed by atoms with Crippen LogP contribution in [0.5, 0.6) is 0 Å². The van der Waals surface area contributed by atoms with Crippen molar-refractivity contribution in [3.8, 4) is 0 Å². The minimum atomic E-state index is -3.42. The number of hydrogen-bond donors (Lipinski definition) is 1. The zero-order valence-corrected chi connectivity index (χ0v) is 16.2. The highest BCUT2D eigenvalue weighted by molar-refractivity contribution is 7.89. The van der Waals surface area contributed by atoms with Gasteiger partial charge >= 0.3 is 0 Å². The highest BCUT2D eigenvalue weighted by Crippen LogP contribution is 2.24. The van der Waals surface area contributed by atoms with Gasteiger partial charge in [-0.3, -0.25) is 0 Å². The fraction of sp³-hybridized carbons (Fsp3) is 0.684. The Balaban J connectivity index is 1.93. The molecular formula is C19H32N2O2S. The lowest BCUT2D eigenvalue weighted by Crippen LogP contribution is -2.33. The molecule has 1 aliphatic carbocycles. The SMILES string of the molecule is CCN(CC)CCC[C@@H](C)NS(=O)(=O)c1ccc2c(c1)CCCC2. The first kappa shape index (κ1) is 19.4. The van der Waals surface area contributed by atoms with Crippen molar-refractivity contribution >= 4 is 10.0 Å². The lowest BCUT2D eigenvalue weighted by Gasteiger charge is -2.20. The first-order chi connectivity index (χ1) is 11.5. The molecule has 1 aromatic carbocycles. The summed E-state index contributed by atoms with van der Waals surface area (Å²) in [6, 6.07) is 5.59. The van der Waals surface area contributed by atoms with E-state index < -0.39 is 10.0 Å². The summed E-state index contributed by atoms with van der Waals surface area (Å²) in [5, 5.41) is 0. The lowest BCUT2D eigenvalue weighted by molar-refractivity contribution is 0.293. The van der Waals surface area contributed by atoms with Crippen molar-refractivity contribution in [3.63, 3.8) is 0 Å². The predicted molar refractivity (Wildman–Crippen MR) is 99.9 cm³/mol. The van der Waals surface area contributed by atoms with E-state index in [9.17, 15) is 8.42 Å². The molecule has 0 heterocycles. The molecule has 0 amide bonds. The van der Waals surface area contributed by atoms with Crippen LogP contribution in [-0.2, 0) is 22.9 Å². The summed E-state index contributed by atoms with van der Waals surface area (Å²) >= 11 is 0. The van der Waals surface area contributed by atoms with Gasteiger partial charge in [-0.2, -0.15) is 0 Å². The minimum absolute atomic E-state index is 0.0402. The maximum absolute atomic E-state index is 12.6. The van der Waals surface area contributed by atoms with Crippen molar-refractivity contribution < 1.29 is 8.42 Å². The highest BCUT2D eigenvalue weighted by atomic mass is 32.2. The maximum atomic E-state index is 12.6. The third kappa shape index (κ3) is 5.30. The number of fused-ring (bicyclic) bond motifs is 1. The van der Waals surface area contributed by atoms with Gasteiger partial charge < -0.3 is 4.90 Å². The number of aryl methyl sites for hydroxylation is 2. The predicted octanol–water partition coefficient (Wildman–Crippen LogP) is 3.35. The van der Waals surface area contributed by atoms with E-state index in [2.05, 4.69) is 23.5 Å². The summed E-state index contributed by atoms with van der Waals surface area (Å²) < 4.78 is 28.1. The molecule has 5 heteroatoms. The summed E-state index contributed by atoms with van der Waals surface area (Å²) in [5.41, 5.74) is 2.52. The molecule has 0 fully saturated rings. The molecular weight excluding hydrogens is 320 g/mol. The van der Waals surface area contributed by atoms with Crippen LogP contribution < -0.4 is 4.72 Å². The van der Waals surface area contributed by atoms with Gasteiger partial charge in [0.2, 0.25) is 10.0 Å². The molecule has 0 saturated carbocycles. The largest absolute Gasteiger partial charge is 0.304 e.